The number of aromatic nitrogens is 1. The molecule has 1 aliphatic heterocycles. The Hall–Kier alpha value is -1.64. The van der Waals surface area contributed by atoms with Gasteiger partial charge in [-0.15, -0.1) is 23.1 Å². The number of rotatable bonds is 5. The van der Waals surface area contributed by atoms with Crippen LogP contribution in [0.2, 0.25) is 0 Å². The molecule has 1 unspecified atom stereocenters. The molecular formula is C13H13N3O3S2. The molecule has 110 valence electrons. The lowest BCUT2D eigenvalue weighted by atomic mass is 10.3. The van der Waals surface area contributed by atoms with E-state index in [0.29, 0.717) is 17.3 Å². The Bertz CT molecular complexity index is 714. The third-order valence-electron chi connectivity index (χ3n) is 2.95. The summed E-state index contributed by atoms with van der Waals surface area (Å²) >= 11 is 2.93. The van der Waals surface area contributed by atoms with E-state index >= 15 is 0 Å². The monoisotopic (exact) mass is 323 g/mol. The minimum absolute atomic E-state index is 0.0794. The van der Waals surface area contributed by atoms with Crippen LogP contribution in [-0.4, -0.2) is 51.2 Å². The van der Waals surface area contributed by atoms with E-state index in [4.69, 9.17) is 10.2 Å². The molecule has 8 heteroatoms. The molecule has 0 saturated carbocycles. The number of carboxylic acids is 1. The number of thioether (sulfide) groups is 1. The van der Waals surface area contributed by atoms with E-state index in [-0.39, 0.29) is 6.61 Å². The molecule has 0 spiro atoms. The molecule has 3 N–H and O–H groups in total. The summed E-state index contributed by atoms with van der Waals surface area (Å²) in [6.07, 6.45) is 0. The molecule has 1 aliphatic rings. The Labute approximate surface area is 128 Å². The number of aliphatic carboxylic acids is 1. The van der Waals surface area contributed by atoms with Crippen LogP contribution >= 0.6 is 23.1 Å². The summed E-state index contributed by atoms with van der Waals surface area (Å²) in [6.45, 7) is 0.579. The molecule has 2 aromatic rings. The summed E-state index contributed by atoms with van der Waals surface area (Å²) < 4.78 is 1.01. The van der Waals surface area contributed by atoms with Crippen molar-refractivity contribution < 1.29 is 15.0 Å². The van der Waals surface area contributed by atoms with E-state index < -0.39 is 12.0 Å². The summed E-state index contributed by atoms with van der Waals surface area (Å²) in [7, 11) is 0. The standard InChI is InChI=1S/C13H13N3O3S2/c17-4-3-14-7-1-2-8-10(5-7)21-12(15-8)11-16-9(6-20-11)13(18)19/h1-2,5,9,14,17H,3-4,6H2,(H,18,19). The highest BCUT2D eigenvalue weighted by atomic mass is 32.2. The number of nitrogens with zero attached hydrogens (tertiary/aromatic N) is 2. The summed E-state index contributed by atoms with van der Waals surface area (Å²) in [5.74, 6) is -0.432. The number of hydrogen-bond donors (Lipinski definition) is 3. The molecule has 1 aromatic heterocycles. The number of aliphatic hydroxyl groups is 1. The highest BCUT2D eigenvalue weighted by Crippen LogP contribution is 2.31. The number of thiazole rings is 1. The number of carbonyl (C=O) groups is 1. The van der Waals surface area contributed by atoms with Gasteiger partial charge < -0.3 is 15.5 Å². The van der Waals surface area contributed by atoms with Gasteiger partial charge in [-0.05, 0) is 18.2 Å². The van der Waals surface area contributed by atoms with E-state index in [1.54, 1.807) is 0 Å². The first kappa shape index (κ1) is 14.3. The molecule has 3 rings (SSSR count). The van der Waals surface area contributed by atoms with Crippen molar-refractivity contribution in [3.8, 4) is 0 Å². The molecule has 1 aromatic carbocycles. The van der Waals surface area contributed by atoms with Crippen LogP contribution in [0.5, 0.6) is 0 Å². The molecule has 6 nitrogen and oxygen atoms in total. The van der Waals surface area contributed by atoms with Gasteiger partial charge >= 0.3 is 5.97 Å². The Balaban J connectivity index is 1.87. The Kier molecular flexibility index (Phi) is 4.09. The zero-order valence-electron chi connectivity index (χ0n) is 10.9. The van der Waals surface area contributed by atoms with E-state index in [9.17, 15) is 4.79 Å². The second-order valence-electron chi connectivity index (χ2n) is 4.45. The number of aliphatic imine (C=N–C) groups is 1. The number of anilines is 1. The quantitative estimate of drug-likeness (QED) is 0.774. The fraction of sp³-hybridized carbons (Fsp3) is 0.308. The lowest BCUT2D eigenvalue weighted by Crippen LogP contribution is -2.17. The van der Waals surface area contributed by atoms with Gasteiger partial charge in [0.25, 0.3) is 0 Å². The number of nitrogens with one attached hydrogen (secondary N) is 1. The van der Waals surface area contributed by atoms with Crippen molar-refractivity contribution in [1.29, 1.82) is 0 Å². The van der Waals surface area contributed by atoms with Crippen LogP contribution in [0.4, 0.5) is 5.69 Å². The maximum Gasteiger partial charge on any atom is 0.329 e. The second-order valence-corrected chi connectivity index (χ2v) is 6.49. The van der Waals surface area contributed by atoms with Gasteiger partial charge in [0.2, 0.25) is 0 Å². The average molecular weight is 323 g/mol. The Morgan fingerprint density at radius 2 is 2.33 bits per heavy atom. The van der Waals surface area contributed by atoms with Crippen molar-refractivity contribution in [2.24, 2.45) is 4.99 Å². The number of benzene rings is 1. The fourth-order valence-corrected chi connectivity index (χ4v) is 4.05. The van der Waals surface area contributed by atoms with Gasteiger partial charge in [-0.25, -0.2) is 9.78 Å². The van der Waals surface area contributed by atoms with E-state index in [1.165, 1.54) is 23.1 Å². The van der Waals surface area contributed by atoms with Crippen molar-refractivity contribution in [1.82, 2.24) is 4.98 Å². The van der Waals surface area contributed by atoms with Crippen LogP contribution in [0.25, 0.3) is 10.2 Å². The first-order valence-electron chi connectivity index (χ1n) is 6.36. The summed E-state index contributed by atoms with van der Waals surface area (Å²) in [5.41, 5.74) is 1.79. The van der Waals surface area contributed by atoms with Gasteiger partial charge in [0.05, 0.1) is 16.8 Å². The van der Waals surface area contributed by atoms with Crippen molar-refractivity contribution >= 4 is 50.0 Å². The summed E-state index contributed by atoms with van der Waals surface area (Å²) in [4.78, 5) is 19.6. The van der Waals surface area contributed by atoms with Crippen molar-refractivity contribution in [3.05, 3.63) is 23.2 Å². The van der Waals surface area contributed by atoms with Crippen molar-refractivity contribution in [2.45, 2.75) is 6.04 Å². The Morgan fingerprint density at radius 3 is 3.05 bits per heavy atom. The van der Waals surface area contributed by atoms with Crippen LogP contribution in [0.1, 0.15) is 5.01 Å². The van der Waals surface area contributed by atoms with Crippen LogP contribution < -0.4 is 5.32 Å². The van der Waals surface area contributed by atoms with Gasteiger partial charge in [-0.3, -0.25) is 4.99 Å². The SMILES string of the molecule is O=C(O)C1CSC(c2nc3ccc(NCCO)cc3s2)=N1. The molecule has 2 heterocycles. The largest absolute Gasteiger partial charge is 0.480 e. The number of hydrogen-bond acceptors (Lipinski definition) is 7. The van der Waals surface area contributed by atoms with Crippen LogP contribution in [-0.2, 0) is 4.79 Å². The summed E-state index contributed by atoms with van der Waals surface area (Å²) in [5, 5.41) is 22.4. The van der Waals surface area contributed by atoms with Gasteiger partial charge in [0, 0.05) is 18.0 Å². The molecule has 0 amide bonds. The van der Waals surface area contributed by atoms with Crippen LogP contribution in [0.15, 0.2) is 23.2 Å². The molecule has 0 radical (unpaired) electrons. The molecular weight excluding hydrogens is 310 g/mol. The minimum atomic E-state index is -0.894. The van der Waals surface area contributed by atoms with Gasteiger partial charge in [-0.1, -0.05) is 0 Å². The molecule has 1 atom stereocenters. The lowest BCUT2D eigenvalue weighted by Gasteiger charge is -2.02. The van der Waals surface area contributed by atoms with E-state index in [2.05, 4.69) is 15.3 Å². The van der Waals surface area contributed by atoms with Crippen LogP contribution in [0.3, 0.4) is 0 Å². The molecule has 21 heavy (non-hydrogen) atoms. The maximum atomic E-state index is 10.9. The highest BCUT2D eigenvalue weighted by Gasteiger charge is 2.26. The normalized spacial score (nSPS) is 18.0. The Morgan fingerprint density at radius 1 is 1.48 bits per heavy atom. The number of fused-ring (bicyclic) bond motifs is 1. The van der Waals surface area contributed by atoms with E-state index in [1.807, 2.05) is 18.2 Å². The third-order valence-corrected chi connectivity index (χ3v) is 5.16. The minimum Gasteiger partial charge on any atom is -0.480 e. The lowest BCUT2D eigenvalue weighted by molar-refractivity contribution is -0.137. The number of aliphatic hydroxyl groups excluding tert-OH is 1. The third kappa shape index (κ3) is 3.02. The average Bonchev–Trinajstić information content (AvgIpc) is 3.10. The zero-order chi connectivity index (χ0) is 14.8. The van der Waals surface area contributed by atoms with Crippen LogP contribution in [0, 0.1) is 0 Å². The zero-order valence-corrected chi connectivity index (χ0v) is 12.6. The molecule has 0 aliphatic carbocycles. The first-order valence-corrected chi connectivity index (χ1v) is 8.16. The first-order chi connectivity index (χ1) is 10.2. The smallest absolute Gasteiger partial charge is 0.329 e. The summed E-state index contributed by atoms with van der Waals surface area (Å²) in [6, 6.07) is 5.12. The molecule has 0 saturated heterocycles. The maximum absolute atomic E-state index is 10.9. The molecule has 0 fully saturated rings. The van der Waals surface area contributed by atoms with Gasteiger partial charge in [-0.2, -0.15) is 0 Å². The predicted molar refractivity (Wildman–Crippen MR) is 85.6 cm³/mol. The van der Waals surface area contributed by atoms with E-state index in [0.717, 1.165) is 20.9 Å². The number of carboxylic acid groups (broad SMARTS) is 1. The predicted octanol–water partition coefficient (Wildman–Crippen LogP) is 1.65. The molecule has 0 bridgehead atoms. The topological polar surface area (TPSA) is 94.8 Å². The van der Waals surface area contributed by atoms with Crippen molar-refractivity contribution in [3.63, 3.8) is 0 Å². The fourth-order valence-electron chi connectivity index (χ4n) is 1.94. The van der Waals surface area contributed by atoms with Crippen molar-refractivity contribution in [2.75, 3.05) is 24.2 Å². The van der Waals surface area contributed by atoms with Gasteiger partial charge in [0.1, 0.15) is 10.1 Å². The highest BCUT2D eigenvalue weighted by molar-refractivity contribution is 8.15. The second kappa shape index (κ2) is 6.00. The van der Waals surface area contributed by atoms with Gasteiger partial charge in [0.15, 0.2) is 6.04 Å².